The molecular weight excluding hydrogens is 756 g/mol. The van der Waals surface area contributed by atoms with Gasteiger partial charge in [0.05, 0.1) is 17.8 Å². The molecule has 1 aromatic carbocycles. The number of rotatable bonds is 7. The standard InChI is InChI=1S/C37H49N5O6S.C2HF3O2/c1-2-27-22-37(27,36(45)41-49(46,47)29-15-16-29)40-33(43)31-21-28-23-42(31)35(44)32(26-11-7-8-12-26)38-18-9-5-3-4-6-10-24-13-14-25-17-19-39-34(48-28)30(25)20-24;3-2(4,5)1(6)7/h2,13-14,17,19-20,26-29,31-32,38H,1,3-12,15-16,18,21-23H2,(H,40,43)(H,41,45);(H,6,7)/t27-,28-,31+,32+,37-;/m1./s1. The molecular formula is C39H50F3N5O8S. The predicted molar refractivity (Wildman–Crippen MR) is 200 cm³/mol. The van der Waals surface area contributed by atoms with Crippen LogP contribution in [0.4, 0.5) is 13.2 Å². The van der Waals surface area contributed by atoms with E-state index in [0.717, 1.165) is 81.5 Å². The number of hydrogen-bond donors (Lipinski definition) is 4. The topological polar surface area (TPSA) is 184 Å². The highest BCUT2D eigenvalue weighted by Gasteiger charge is 2.62. The van der Waals surface area contributed by atoms with Crippen molar-refractivity contribution >= 4 is 44.5 Å². The van der Waals surface area contributed by atoms with E-state index in [1.54, 1.807) is 17.2 Å². The molecule has 1 saturated heterocycles. The van der Waals surface area contributed by atoms with Crippen LogP contribution in [0.25, 0.3) is 10.8 Å². The SMILES string of the molecule is C=C[C@@H]1C[C@]1(NC(=O)[C@@H]1C[C@@H]2CN1C(=O)[C@H](C1CCCC1)NCCCCCCCc1ccc3ccnc(c3c1)O2)C(=O)NS(=O)(=O)C1CC1.O=C(O)C(F)(F)F. The van der Waals surface area contributed by atoms with E-state index in [0.29, 0.717) is 18.7 Å². The van der Waals surface area contributed by atoms with Crippen molar-refractivity contribution in [2.24, 2.45) is 11.8 Å². The highest BCUT2D eigenvalue weighted by Crippen LogP contribution is 2.45. The van der Waals surface area contributed by atoms with Crippen LogP contribution in [0, 0.1) is 11.8 Å². The number of nitrogens with one attached hydrogen (secondary N) is 3. The molecule has 17 heteroatoms. The number of alkyl halides is 3. The minimum atomic E-state index is -5.08. The van der Waals surface area contributed by atoms with E-state index in [2.05, 4.69) is 45.1 Å². The lowest BCUT2D eigenvalue weighted by molar-refractivity contribution is -0.192. The summed E-state index contributed by atoms with van der Waals surface area (Å²) in [5, 5.41) is 15.0. The summed E-state index contributed by atoms with van der Waals surface area (Å²) in [4.78, 5) is 57.4. The van der Waals surface area contributed by atoms with Gasteiger partial charge < -0.3 is 25.4 Å². The van der Waals surface area contributed by atoms with Gasteiger partial charge in [0.1, 0.15) is 17.7 Å². The van der Waals surface area contributed by atoms with Gasteiger partial charge in [-0.3, -0.25) is 19.1 Å². The summed E-state index contributed by atoms with van der Waals surface area (Å²) >= 11 is 0. The summed E-state index contributed by atoms with van der Waals surface area (Å²) < 4.78 is 65.9. The zero-order valence-electron chi connectivity index (χ0n) is 31.2. The zero-order chi connectivity index (χ0) is 40.3. The van der Waals surface area contributed by atoms with Crippen LogP contribution in [0.5, 0.6) is 5.88 Å². The van der Waals surface area contributed by atoms with E-state index in [4.69, 9.17) is 14.6 Å². The van der Waals surface area contributed by atoms with Crippen LogP contribution < -0.4 is 20.1 Å². The largest absolute Gasteiger partial charge is 0.490 e. The molecule has 3 amide bonds. The van der Waals surface area contributed by atoms with Crippen LogP contribution in [0.3, 0.4) is 0 Å². The number of aryl methyl sites for hydroxylation is 1. The number of carbonyl (C=O) groups is 4. The molecule has 3 aliphatic carbocycles. The van der Waals surface area contributed by atoms with E-state index >= 15 is 0 Å². The lowest BCUT2D eigenvalue weighted by atomic mass is 9.96. The number of pyridine rings is 1. The fourth-order valence-corrected chi connectivity index (χ4v) is 9.52. The number of sulfonamides is 1. The van der Waals surface area contributed by atoms with Gasteiger partial charge in [-0.2, -0.15) is 13.2 Å². The molecule has 4 N–H and O–H groups in total. The Labute approximate surface area is 324 Å². The number of carbonyl (C=O) groups excluding carboxylic acids is 3. The molecule has 3 saturated carbocycles. The van der Waals surface area contributed by atoms with E-state index in [-0.39, 0.29) is 31.2 Å². The zero-order valence-corrected chi connectivity index (χ0v) is 32.0. The number of hydrogen-bond acceptors (Lipinski definition) is 9. The number of nitrogens with zero attached hydrogens (tertiary/aromatic N) is 2. The summed E-state index contributed by atoms with van der Waals surface area (Å²) in [6.07, 6.45) is 9.63. The molecule has 0 unspecified atom stereocenters. The number of aliphatic carboxylic acids is 1. The van der Waals surface area contributed by atoms with E-state index in [1.807, 2.05) is 6.07 Å². The number of fused-ring (bicyclic) bond motifs is 3. The molecule has 5 atom stereocenters. The van der Waals surface area contributed by atoms with E-state index < -0.39 is 68.9 Å². The fraction of sp³-hybridized carbons (Fsp3) is 0.615. The molecule has 2 aromatic rings. The molecule has 13 nitrogen and oxygen atoms in total. The number of aromatic nitrogens is 1. The Morgan fingerprint density at radius 1 is 1.04 bits per heavy atom. The van der Waals surface area contributed by atoms with Gasteiger partial charge in [0.15, 0.2) is 0 Å². The number of amides is 3. The van der Waals surface area contributed by atoms with Gasteiger partial charge in [-0.15, -0.1) is 6.58 Å². The highest BCUT2D eigenvalue weighted by molar-refractivity contribution is 7.91. The Balaban J connectivity index is 0.000000695. The summed E-state index contributed by atoms with van der Waals surface area (Å²) in [6.45, 7) is 4.74. The van der Waals surface area contributed by atoms with E-state index in [9.17, 15) is 36.0 Å². The lowest BCUT2D eigenvalue weighted by Gasteiger charge is -2.32. The average Bonchev–Trinajstić information content (AvgIpc) is 4.03. The first-order valence-corrected chi connectivity index (χ1v) is 21.1. The average molecular weight is 806 g/mol. The van der Waals surface area contributed by atoms with Crippen molar-refractivity contribution in [2.75, 3.05) is 13.1 Å². The van der Waals surface area contributed by atoms with Crippen LogP contribution in [0.2, 0.25) is 0 Å². The maximum atomic E-state index is 14.6. The van der Waals surface area contributed by atoms with Crippen molar-refractivity contribution in [3.05, 3.63) is 48.7 Å². The third kappa shape index (κ3) is 9.64. The number of benzene rings is 1. The first-order chi connectivity index (χ1) is 26.6. The quantitative estimate of drug-likeness (QED) is 0.290. The molecule has 4 fully saturated rings. The van der Waals surface area contributed by atoms with Crippen molar-refractivity contribution in [3.8, 4) is 5.88 Å². The number of carboxylic acid groups (broad SMARTS) is 1. The Hall–Kier alpha value is -4.25. The maximum Gasteiger partial charge on any atom is 0.490 e. The second-order valence-electron chi connectivity index (χ2n) is 15.6. The van der Waals surface area contributed by atoms with Crippen LogP contribution in [0.1, 0.15) is 89.0 Å². The molecule has 4 bridgehead atoms. The molecule has 56 heavy (non-hydrogen) atoms. The molecule has 7 rings (SSSR count). The monoisotopic (exact) mass is 805 g/mol. The van der Waals surface area contributed by atoms with Crippen LogP contribution in [-0.2, 0) is 35.6 Å². The Bertz CT molecular complexity index is 1920. The van der Waals surface area contributed by atoms with Crippen molar-refractivity contribution in [2.45, 2.75) is 125 Å². The molecule has 0 radical (unpaired) electrons. The van der Waals surface area contributed by atoms with Crippen molar-refractivity contribution < 1.29 is 50.6 Å². The smallest absolute Gasteiger partial charge is 0.475 e. The van der Waals surface area contributed by atoms with Crippen LogP contribution >= 0.6 is 0 Å². The first-order valence-electron chi connectivity index (χ1n) is 19.5. The summed E-state index contributed by atoms with van der Waals surface area (Å²) in [5.41, 5.74) is -0.210. The van der Waals surface area contributed by atoms with Gasteiger partial charge in [0.25, 0.3) is 5.91 Å². The van der Waals surface area contributed by atoms with Gasteiger partial charge in [0.2, 0.25) is 27.7 Å². The predicted octanol–water partition coefficient (Wildman–Crippen LogP) is 4.54. The van der Waals surface area contributed by atoms with Gasteiger partial charge in [0, 0.05) is 23.9 Å². The van der Waals surface area contributed by atoms with E-state index in [1.165, 1.54) is 5.56 Å². The number of halogens is 3. The highest BCUT2D eigenvalue weighted by atomic mass is 32.2. The summed E-state index contributed by atoms with van der Waals surface area (Å²) in [5.74, 6) is -3.90. The molecule has 2 aliphatic heterocycles. The number of carboxylic acids is 1. The molecule has 306 valence electrons. The Morgan fingerprint density at radius 2 is 1.73 bits per heavy atom. The Kier molecular flexibility index (Phi) is 12.6. The third-order valence-corrected chi connectivity index (χ3v) is 13.4. The normalized spacial score (nSPS) is 27.6. The molecule has 0 spiro atoms. The fourth-order valence-electron chi connectivity index (χ4n) is 8.16. The minimum Gasteiger partial charge on any atom is -0.475 e. The molecule has 3 heterocycles. The Morgan fingerprint density at radius 3 is 2.39 bits per heavy atom. The number of ether oxygens (including phenoxy) is 1. The summed E-state index contributed by atoms with van der Waals surface area (Å²) in [6, 6.07) is 7.02. The minimum absolute atomic E-state index is 0.127. The van der Waals surface area contributed by atoms with Gasteiger partial charge >= 0.3 is 12.1 Å². The lowest BCUT2D eigenvalue weighted by Crippen LogP contribution is -2.58. The van der Waals surface area contributed by atoms with Gasteiger partial charge in [-0.25, -0.2) is 18.2 Å². The molecule has 5 aliphatic rings. The second-order valence-corrected chi connectivity index (χ2v) is 17.6. The maximum absolute atomic E-state index is 14.6. The van der Waals surface area contributed by atoms with Gasteiger partial charge in [-0.05, 0) is 86.9 Å². The van der Waals surface area contributed by atoms with Crippen molar-refractivity contribution in [1.29, 1.82) is 0 Å². The van der Waals surface area contributed by atoms with Crippen molar-refractivity contribution in [3.63, 3.8) is 0 Å². The first kappa shape index (κ1) is 41.4. The van der Waals surface area contributed by atoms with Gasteiger partial charge in [-0.1, -0.05) is 50.3 Å². The second kappa shape index (κ2) is 17.1. The van der Waals surface area contributed by atoms with Crippen LogP contribution in [0.15, 0.2) is 43.1 Å². The summed E-state index contributed by atoms with van der Waals surface area (Å²) in [7, 11) is -3.82. The van der Waals surface area contributed by atoms with Crippen molar-refractivity contribution in [1.82, 2.24) is 25.2 Å². The van der Waals surface area contributed by atoms with Crippen LogP contribution in [-0.4, -0.2) is 95.3 Å². The third-order valence-electron chi connectivity index (χ3n) is 11.6. The molecule has 1 aromatic heterocycles.